The van der Waals surface area contributed by atoms with Gasteiger partial charge < -0.3 is 0 Å². The molecule has 0 heterocycles. The first kappa shape index (κ1) is 11.0. The first-order valence-electron chi connectivity index (χ1n) is 5.28. The van der Waals surface area contributed by atoms with Gasteiger partial charge in [0.15, 0.2) is 10.8 Å². The number of rotatable bonds is 2. The lowest BCUT2D eigenvalue weighted by Gasteiger charge is -2.01. The Morgan fingerprint density at radius 1 is 1.12 bits per heavy atom. The summed E-state index contributed by atoms with van der Waals surface area (Å²) >= 11 is 0. The van der Waals surface area contributed by atoms with Crippen molar-refractivity contribution in [3.05, 3.63) is 59.1 Å². The number of Topliss-reactive ketones (excluding diaryl/α,β-unsaturated/α-hetero) is 1. The minimum absolute atomic E-state index is 0.0188. The second-order valence-electron chi connectivity index (χ2n) is 3.75. The van der Waals surface area contributed by atoms with Gasteiger partial charge in [-0.05, 0) is 24.6 Å². The average Bonchev–Trinajstić information content (AvgIpc) is 2.39. The first-order chi connectivity index (χ1) is 8.22. The van der Waals surface area contributed by atoms with Crippen molar-refractivity contribution in [1.29, 1.82) is 5.39 Å². The molecule has 82 valence electrons. The SMILES string of the molecule is CC(=O)c1cccc(-c2ccccc2[N+]#N)c1. The second kappa shape index (κ2) is 4.58. The summed E-state index contributed by atoms with van der Waals surface area (Å²) in [7, 11) is 0. The minimum Gasteiger partial charge on any atom is -0.295 e. The number of diazo groups is 1. The van der Waals surface area contributed by atoms with E-state index in [1.807, 2.05) is 24.3 Å². The Hall–Kier alpha value is -2.47. The molecule has 17 heavy (non-hydrogen) atoms. The summed E-state index contributed by atoms with van der Waals surface area (Å²) in [6.45, 7) is 1.53. The first-order valence-corrected chi connectivity index (χ1v) is 5.28. The number of nitrogens with zero attached hydrogens (tertiary/aromatic N) is 2. The quantitative estimate of drug-likeness (QED) is 0.569. The molecule has 0 amide bonds. The monoisotopic (exact) mass is 223 g/mol. The van der Waals surface area contributed by atoms with Crippen molar-refractivity contribution >= 4 is 11.5 Å². The zero-order valence-corrected chi connectivity index (χ0v) is 9.42. The van der Waals surface area contributed by atoms with Crippen molar-refractivity contribution in [1.82, 2.24) is 0 Å². The van der Waals surface area contributed by atoms with E-state index in [9.17, 15) is 4.79 Å². The maximum Gasteiger partial charge on any atom is 0.392 e. The summed E-state index contributed by atoms with van der Waals surface area (Å²) < 4.78 is 0. The highest BCUT2D eigenvalue weighted by atomic mass is 16.1. The van der Waals surface area contributed by atoms with Crippen LogP contribution in [0.4, 0.5) is 5.69 Å². The fourth-order valence-corrected chi connectivity index (χ4v) is 1.71. The summed E-state index contributed by atoms with van der Waals surface area (Å²) in [6.07, 6.45) is 0. The van der Waals surface area contributed by atoms with Crippen LogP contribution in [0.15, 0.2) is 48.5 Å². The number of ketones is 1. The molecule has 0 atom stereocenters. The lowest BCUT2D eigenvalue weighted by atomic mass is 10.0. The fraction of sp³-hybridized carbons (Fsp3) is 0.0714. The lowest BCUT2D eigenvalue weighted by molar-refractivity contribution is 0.101. The van der Waals surface area contributed by atoms with Gasteiger partial charge in [-0.3, -0.25) is 4.79 Å². The van der Waals surface area contributed by atoms with Gasteiger partial charge in [0.1, 0.15) is 0 Å². The number of hydrogen-bond donors (Lipinski definition) is 0. The van der Waals surface area contributed by atoms with Gasteiger partial charge in [-0.1, -0.05) is 30.3 Å². The molecule has 0 aliphatic rings. The van der Waals surface area contributed by atoms with Crippen molar-refractivity contribution in [2.24, 2.45) is 0 Å². The predicted molar refractivity (Wildman–Crippen MR) is 66.6 cm³/mol. The molecule has 0 radical (unpaired) electrons. The van der Waals surface area contributed by atoms with Gasteiger partial charge in [-0.25, -0.2) is 0 Å². The fourth-order valence-electron chi connectivity index (χ4n) is 1.71. The van der Waals surface area contributed by atoms with E-state index in [0.29, 0.717) is 11.3 Å². The maximum absolute atomic E-state index is 11.3. The van der Waals surface area contributed by atoms with Crippen LogP contribution in [0.1, 0.15) is 17.3 Å². The van der Waals surface area contributed by atoms with Gasteiger partial charge >= 0.3 is 5.69 Å². The second-order valence-corrected chi connectivity index (χ2v) is 3.75. The average molecular weight is 223 g/mol. The Morgan fingerprint density at radius 2 is 1.88 bits per heavy atom. The van der Waals surface area contributed by atoms with Gasteiger partial charge in [-0.15, -0.1) is 0 Å². The van der Waals surface area contributed by atoms with Crippen LogP contribution < -0.4 is 0 Å². The van der Waals surface area contributed by atoms with Crippen molar-refractivity contribution in [2.45, 2.75) is 6.92 Å². The third-order valence-corrected chi connectivity index (χ3v) is 2.59. The smallest absolute Gasteiger partial charge is 0.295 e. The molecule has 0 saturated heterocycles. The van der Waals surface area contributed by atoms with Crippen LogP contribution in [0.25, 0.3) is 16.1 Å². The summed E-state index contributed by atoms with van der Waals surface area (Å²) in [5, 5.41) is 8.92. The van der Waals surface area contributed by atoms with Gasteiger partial charge in [0.2, 0.25) is 5.39 Å². The molecule has 3 heteroatoms. The highest BCUT2D eigenvalue weighted by Gasteiger charge is 2.14. The van der Waals surface area contributed by atoms with Crippen LogP contribution in [0.3, 0.4) is 0 Å². The number of carbonyl (C=O) groups is 1. The Kier molecular flexibility index (Phi) is 2.97. The molecule has 0 saturated carbocycles. The van der Waals surface area contributed by atoms with E-state index >= 15 is 0 Å². The van der Waals surface area contributed by atoms with Gasteiger partial charge in [0.25, 0.3) is 0 Å². The molecule has 0 bridgehead atoms. The van der Waals surface area contributed by atoms with E-state index in [0.717, 1.165) is 11.1 Å². The van der Waals surface area contributed by atoms with Crippen molar-refractivity contribution in [3.63, 3.8) is 0 Å². The summed E-state index contributed by atoms with van der Waals surface area (Å²) in [6, 6.07) is 14.5. The minimum atomic E-state index is 0.0188. The Balaban J connectivity index is 2.57. The zero-order valence-electron chi connectivity index (χ0n) is 9.42. The molecule has 0 N–H and O–H groups in total. The summed E-state index contributed by atoms with van der Waals surface area (Å²) in [5.74, 6) is 0.0188. The van der Waals surface area contributed by atoms with Crippen molar-refractivity contribution < 1.29 is 4.79 Å². The molecule has 2 aromatic carbocycles. The van der Waals surface area contributed by atoms with Crippen LogP contribution in [0, 0.1) is 5.39 Å². The number of benzene rings is 2. The summed E-state index contributed by atoms with van der Waals surface area (Å²) in [5.41, 5.74) is 2.81. The Bertz CT molecular complexity index is 612. The molecular weight excluding hydrogens is 212 g/mol. The number of hydrogen-bond acceptors (Lipinski definition) is 2. The summed E-state index contributed by atoms with van der Waals surface area (Å²) in [4.78, 5) is 14.5. The van der Waals surface area contributed by atoms with Crippen LogP contribution in [0.2, 0.25) is 0 Å². The van der Waals surface area contributed by atoms with Gasteiger partial charge in [0, 0.05) is 11.6 Å². The molecular formula is C14H11N2O+. The van der Waals surface area contributed by atoms with E-state index in [1.54, 1.807) is 24.3 Å². The normalized spacial score (nSPS) is 9.65. The lowest BCUT2D eigenvalue weighted by Crippen LogP contribution is -1.91. The molecule has 0 aromatic heterocycles. The van der Waals surface area contributed by atoms with Crippen LogP contribution in [0.5, 0.6) is 0 Å². The van der Waals surface area contributed by atoms with E-state index in [2.05, 4.69) is 4.98 Å². The van der Waals surface area contributed by atoms with Crippen LogP contribution in [-0.2, 0) is 0 Å². The molecule has 3 nitrogen and oxygen atoms in total. The standard InChI is InChI=1S/C14H11N2O/c1-10(17)11-5-4-6-12(9-11)13-7-2-3-8-14(13)16-15/h2-9H,1H3/q+1. The molecule has 0 spiro atoms. The molecule has 0 aliphatic carbocycles. The Morgan fingerprint density at radius 3 is 2.59 bits per heavy atom. The highest BCUT2D eigenvalue weighted by Crippen LogP contribution is 2.30. The third-order valence-electron chi connectivity index (χ3n) is 2.59. The van der Waals surface area contributed by atoms with Crippen LogP contribution in [-0.4, -0.2) is 5.78 Å². The van der Waals surface area contributed by atoms with E-state index in [-0.39, 0.29) is 5.78 Å². The van der Waals surface area contributed by atoms with E-state index in [1.165, 1.54) is 6.92 Å². The topological polar surface area (TPSA) is 45.2 Å². The van der Waals surface area contributed by atoms with Gasteiger partial charge in [0.05, 0.1) is 5.56 Å². The Labute approximate surface area is 99.3 Å². The molecule has 2 rings (SSSR count). The van der Waals surface area contributed by atoms with Gasteiger partial charge in [-0.2, -0.15) is 0 Å². The van der Waals surface area contributed by atoms with Crippen LogP contribution >= 0.6 is 0 Å². The zero-order chi connectivity index (χ0) is 12.3. The predicted octanol–water partition coefficient (Wildman–Crippen LogP) is 4.04. The van der Waals surface area contributed by atoms with E-state index < -0.39 is 0 Å². The highest BCUT2D eigenvalue weighted by molar-refractivity contribution is 5.95. The number of carbonyl (C=O) groups excluding carboxylic acids is 1. The molecule has 0 fully saturated rings. The molecule has 0 aliphatic heterocycles. The van der Waals surface area contributed by atoms with Crippen molar-refractivity contribution in [2.75, 3.05) is 0 Å². The molecule has 0 unspecified atom stereocenters. The molecule has 2 aromatic rings. The third kappa shape index (κ3) is 2.21. The van der Waals surface area contributed by atoms with E-state index in [4.69, 9.17) is 5.39 Å². The largest absolute Gasteiger partial charge is 0.392 e. The maximum atomic E-state index is 11.3. The van der Waals surface area contributed by atoms with Crippen molar-refractivity contribution in [3.8, 4) is 11.1 Å².